The van der Waals surface area contributed by atoms with Crippen LogP contribution in [0.25, 0.3) is 0 Å². The fourth-order valence-electron chi connectivity index (χ4n) is 1.20. The van der Waals surface area contributed by atoms with Crippen LogP contribution in [0.4, 0.5) is 0 Å². The van der Waals surface area contributed by atoms with Crippen LogP contribution in [0.1, 0.15) is 53.9 Å². The molecule has 0 unspecified atom stereocenters. The highest BCUT2D eigenvalue weighted by Gasteiger charge is 2.39. The van der Waals surface area contributed by atoms with E-state index >= 15 is 0 Å². The second-order valence-electron chi connectivity index (χ2n) is 5.46. The number of carbonyl (C=O) groups excluding carboxylic acids is 2. The van der Waals surface area contributed by atoms with E-state index < -0.39 is 17.4 Å². The Labute approximate surface area is 110 Å². The summed E-state index contributed by atoms with van der Waals surface area (Å²) in [5, 5.41) is 0. The predicted octanol–water partition coefficient (Wildman–Crippen LogP) is 2.95. The van der Waals surface area contributed by atoms with Gasteiger partial charge in [-0.15, -0.1) is 0 Å². The molecule has 0 saturated carbocycles. The van der Waals surface area contributed by atoms with Crippen molar-refractivity contribution in [3.8, 4) is 0 Å². The smallest absolute Gasteiger partial charge is 0.322 e. The van der Waals surface area contributed by atoms with E-state index in [0.717, 1.165) is 19.3 Å². The molecule has 0 aliphatic carbocycles. The minimum atomic E-state index is -1.22. The normalized spacial score (nSPS) is 11.4. The summed E-state index contributed by atoms with van der Waals surface area (Å²) in [6, 6.07) is 0. The van der Waals surface area contributed by atoms with Crippen molar-refractivity contribution in [3.05, 3.63) is 0 Å². The molecule has 0 amide bonds. The van der Waals surface area contributed by atoms with Gasteiger partial charge in [-0.05, 0) is 26.2 Å². The maximum atomic E-state index is 11.8. The summed E-state index contributed by atoms with van der Waals surface area (Å²) < 4.78 is 10.2. The molecule has 18 heavy (non-hydrogen) atoms. The lowest BCUT2D eigenvalue weighted by molar-refractivity contribution is -0.170. The first kappa shape index (κ1) is 16.9. The number of carbonyl (C=O) groups is 2. The molecule has 0 saturated heterocycles. The third-order valence-electron chi connectivity index (χ3n) is 2.55. The van der Waals surface area contributed by atoms with Gasteiger partial charge < -0.3 is 9.47 Å². The van der Waals surface area contributed by atoms with Gasteiger partial charge in [0, 0.05) is 0 Å². The Morgan fingerprint density at radius 1 is 1.06 bits per heavy atom. The number of hydrogen-bond acceptors (Lipinski definition) is 4. The van der Waals surface area contributed by atoms with Crippen LogP contribution in [0.3, 0.4) is 0 Å². The van der Waals surface area contributed by atoms with E-state index in [0.29, 0.717) is 13.2 Å². The predicted molar refractivity (Wildman–Crippen MR) is 70.1 cm³/mol. The van der Waals surface area contributed by atoms with Crippen molar-refractivity contribution in [3.63, 3.8) is 0 Å². The molecule has 0 spiro atoms. The minimum Gasteiger partial charge on any atom is -0.465 e. The van der Waals surface area contributed by atoms with Gasteiger partial charge in [-0.25, -0.2) is 0 Å². The molecule has 0 rings (SSSR count). The van der Waals surface area contributed by atoms with Gasteiger partial charge in [0.25, 0.3) is 0 Å². The summed E-state index contributed by atoms with van der Waals surface area (Å²) in [5.41, 5.74) is -1.22. The SMILES string of the molecule is CCCCCOC(=O)C(C)(C)C(=O)OCC(C)C. The molecule has 4 heteroatoms. The monoisotopic (exact) mass is 258 g/mol. The molecule has 0 bridgehead atoms. The molecule has 0 aromatic heterocycles. The third kappa shape index (κ3) is 6.03. The van der Waals surface area contributed by atoms with E-state index in [1.54, 1.807) is 0 Å². The molecule has 0 aliphatic heterocycles. The topological polar surface area (TPSA) is 52.6 Å². The highest BCUT2D eigenvalue weighted by Crippen LogP contribution is 2.20. The highest BCUT2D eigenvalue weighted by molar-refractivity contribution is 5.99. The van der Waals surface area contributed by atoms with Crippen molar-refractivity contribution in [1.82, 2.24) is 0 Å². The maximum Gasteiger partial charge on any atom is 0.322 e. The number of ether oxygens (including phenoxy) is 2. The Balaban J connectivity index is 4.16. The van der Waals surface area contributed by atoms with Crippen LogP contribution in [0.5, 0.6) is 0 Å². The van der Waals surface area contributed by atoms with Gasteiger partial charge in [-0.3, -0.25) is 9.59 Å². The molecule has 4 nitrogen and oxygen atoms in total. The van der Waals surface area contributed by atoms with E-state index in [2.05, 4.69) is 6.92 Å². The lowest BCUT2D eigenvalue weighted by Gasteiger charge is -2.21. The van der Waals surface area contributed by atoms with Crippen LogP contribution in [0.2, 0.25) is 0 Å². The van der Waals surface area contributed by atoms with Gasteiger partial charge >= 0.3 is 11.9 Å². The Hall–Kier alpha value is -1.06. The van der Waals surface area contributed by atoms with Gasteiger partial charge in [0.15, 0.2) is 5.41 Å². The van der Waals surface area contributed by atoms with E-state index in [-0.39, 0.29) is 5.92 Å². The van der Waals surface area contributed by atoms with E-state index in [1.165, 1.54) is 13.8 Å². The summed E-state index contributed by atoms with van der Waals surface area (Å²) in [6.45, 7) is 9.75. The largest absolute Gasteiger partial charge is 0.465 e. The zero-order valence-electron chi connectivity index (χ0n) is 12.2. The second kappa shape index (κ2) is 8.11. The molecule has 0 fully saturated rings. The molecule has 0 atom stereocenters. The van der Waals surface area contributed by atoms with Gasteiger partial charge in [-0.1, -0.05) is 33.6 Å². The Bertz CT molecular complexity index is 269. The van der Waals surface area contributed by atoms with E-state index in [1.807, 2.05) is 13.8 Å². The summed E-state index contributed by atoms with van der Waals surface area (Å²) in [4.78, 5) is 23.6. The van der Waals surface area contributed by atoms with Crippen LogP contribution in [-0.4, -0.2) is 25.2 Å². The van der Waals surface area contributed by atoms with E-state index in [9.17, 15) is 9.59 Å². The minimum absolute atomic E-state index is 0.255. The summed E-state index contributed by atoms with van der Waals surface area (Å²) >= 11 is 0. The summed E-state index contributed by atoms with van der Waals surface area (Å²) in [5.74, 6) is -0.769. The van der Waals surface area contributed by atoms with E-state index in [4.69, 9.17) is 9.47 Å². The first-order valence-corrected chi connectivity index (χ1v) is 6.66. The van der Waals surface area contributed by atoms with Crippen LogP contribution in [-0.2, 0) is 19.1 Å². The maximum absolute atomic E-state index is 11.8. The first-order chi connectivity index (χ1) is 8.32. The van der Waals surface area contributed by atoms with Gasteiger partial charge in [0.1, 0.15) is 0 Å². The quantitative estimate of drug-likeness (QED) is 0.381. The molecular formula is C14H26O4. The molecule has 0 heterocycles. The van der Waals surface area contributed by atoms with Crippen molar-refractivity contribution in [2.45, 2.75) is 53.9 Å². The molecule has 0 aliphatic rings. The van der Waals surface area contributed by atoms with Crippen molar-refractivity contribution in [2.75, 3.05) is 13.2 Å². The zero-order valence-corrected chi connectivity index (χ0v) is 12.2. The van der Waals surface area contributed by atoms with Crippen molar-refractivity contribution in [1.29, 1.82) is 0 Å². The average Bonchev–Trinajstić information content (AvgIpc) is 2.30. The molecule has 0 aromatic rings. The fraction of sp³-hybridized carbons (Fsp3) is 0.857. The van der Waals surface area contributed by atoms with Crippen LogP contribution < -0.4 is 0 Å². The highest BCUT2D eigenvalue weighted by atomic mass is 16.6. The molecule has 0 aromatic carbocycles. The number of unbranched alkanes of at least 4 members (excludes halogenated alkanes) is 2. The summed E-state index contributed by atoms with van der Waals surface area (Å²) in [7, 11) is 0. The Morgan fingerprint density at radius 2 is 1.61 bits per heavy atom. The zero-order chi connectivity index (χ0) is 14.2. The summed E-state index contributed by atoms with van der Waals surface area (Å²) in [6.07, 6.45) is 2.92. The molecule has 0 radical (unpaired) electrons. The second-order valence-corrected chi connectivity index (χ2v) is 5.46. The average molecular weight is 258 g/mol. The fourth-order valence-corrected chi connectivity index (χ4v) is 1.20. The number of esters is 2. The molecular weight excluding hydrogens is 232 g/mol. The van der Waals surface area contributed by atoms with Crippen molar-refractivity contribution >= 4 is 11.9 Å². The lowest BCUT2D eigenvalue weighted by atomic mass is 9.94. The van der Waals surface area contributed by atoms with Gasteiger partial charge in [0.2, 0.25) is 0 Å². The van der Waals surface area contributed by atoms with Crippen molar-refractivity contribution in [2.24, 2.45) is 11.3 Å². The lowest BCUT2D eigenvalue weighted by Crippen LogP contribution is -2.37. The van der Waals surface area contributed by atoms with Gasteiger partial charge in [-0.2, -0.15) is 0 Å². The Morgan fingerprint density at radius 3 is 2.11 bits per heavy atom. The number of hydrogen-bond donors (Lipinski definition) is 0. The molecule has 0 N–H and O–H groups in total. The first-order valence-electron chi connectivity index (χ1n) is 6.66. The van der Waals surface area contributed by atoms with Crippen LogP contribution in [0.15, 0.2) is 0 Å². The molecule has 106 valence electrons. The third-order valence-corrected chi connectivity index (χ3v) is 2.55. The standard InChI is InChI=1S/C14H26O4/c1-6-7-8-9-17-12(15)14(4,5)13(16)18-10-11(2)3/h11H,6-10H2,1-5H3. The van der Waals surface area contributed by atoms with Crippen LogP contribution in [0, 0.1) is 11.3 Å². The number of rotatable bonds is 8. The Kier molecular flexibility index (Phi) is 7.64. The van der Waals surface area contributed by atoms with Crippen molar-refractivity contribution < 1.29 is 19.1 Å². The van der Waals surface area contributed by atoms with Gasteiger partial charge in [0.05, 0.1) is 13.2 Å². The van der Waals surface area contributed by atoms with Crippen LogP contribution >= 0.6 is 0 Å².